The van der Waals surface area contributed by atoms with E-state index in [0.717, 1.165) is 10.9 Å². The number of nitrogens with zero attached hydrogens (tertiary/aromatic N) is 2. The Bertz CT molecular complexity index is 344. The van der Waals surface area contributed by atoms with E-state index in [-0.39, 0.29) is 0 Å². The Kier molecular flexibility index (Phi) is 1.91. The summed E-state index contributed by atoms with van der Waals surface area (Å²) in [5.74, 6) is -0.783. The first-order chi connectivity index (χ1) is 6.15. The van der Waals surface area contributed by atoms with E-state index in [2.05, 4.69) is 21.0 Å². The largest absolute Gasteiger partial charge is 0.479 e. The first-order valence-electron chi connectivity index (χ1n) is 4.09. The van der Waals surface area contributed by atoms with Crippen molar-refractivity contribution in [1.82, 2.24) is 9.78 Å². The summed E-state index contributed by atoms with van der Waals surface area (Å²) in [4.78, 5) is 11.0. The van der Waals surface area contributed by atoms with Crippen LogP contribution in [0.25, 0.3) is 0 Å². The third-order valence-corrected chi connectivity index (χ3v) is 2.98. The molecule has 0 bridgehead atoms. The topological polar surface area (TPSA) is 55.1 Å². The summed E-state index contributed by atoms with van der Waals surface area (Å²) in [6, 6.07) is 0. The van der Waals surface area contributed by atoms with Gasteiger partial charge in [-0.2, -0.15) is 5.10 Å². The van der Waals surface area contributed by atoms with Gasteiger partial charge in [-0.1, -0.05) is 0 Å². The second kappa shape index (κ2) is 2.83. The highest BCUT2D eigenvalue weighted by Crippen LogP contribution is 2.39. The summed E-state index contributed by atoms with van der Waals surface area (Å²) in [5.41, 5.74) is -0.772. The van der Waals surface area contributed by atoms with E-state index in [1.165, 1.54) is 0 Å². The minimum Gasteiger partial charge on any atom is -0.479 e. The lowest BCUT2D eigenvalue weighted by molar-refractivity contribution is -0.153. The van der Waals surface area contributed by atoms with Gasteiger partial charge in [-0.15, -0.1) is 0 Å². The van der Waals surface area contributed by atoms with Crippen LogP contribution in [0.2, 0.25) is 0 Å². The molecule has 1 aromatic heterocycles. The summed E-state index contributed by atoms with van der Waals surface area (Å²) >= 11 is 3.25. The van der Waals surface area contributed by atoms with Crippen molar-refractivity contribution in [3.05, 3.63) is 16.9 Å². The molecule has 1 saturated carbocycles. The smallest absolute Gasteiger partial charge is 0.331 e. The molecule has 70 valence electrons. The Balaban J connectivity index is 2.37. The van der Waals surface area contributed by atoms with Crippen LogP contribution >= 0.6 is 15.9 Å². The minimum absolute atomic E-state index is 0.677. The first-order valence-corrected chi connectivity index (χ1v) is 4.88. The number of hydrogen-bond donors (Lipinski definition) is 1. The van der Waals surface area contributed by atoms with Gasteiger partial charge in [0.2, 0.25) is 0 Å². The lowest BCUT2D eigenvalue weighted by Crippen LogP contribution is -2.48. The van der Waals surface area contributed by atoms with Gasteiger partial charge in [-0.3, -0.25) is 4.68 Å². The zero-order valence-corrected chi connectivity index (χ0v) is 8.49. The molecule has 1 N–H and O–H groups in total. The molecule has 0 aliphatic heterocycles. The molecular weight excluding hydrogens is 236 g/mol. The number of carboxylic acid groups (broad SMARTS) is 1. The van der Waals surface area contributed by atoms with Crippen molar-refractivity contribution < 1.29 is 9.90 Å². The summed E-state index contributed by atoms with van der Waals surface area (Å²) in [7, 11) is 0. The Labute approximate surface area is 83.7 Å². The molecule has 13 heavy (non-hydrogen) atoms. The third-order valence-electron chi connectivity index (χ3n) is 2.57. The normalized spacial score (nSPS) is 19.5. The van der Waals surface area contributed by atoms with E-state index in [1.54, 1.807) is 17.1 Å². The molecule has 4 nitrogen and oxygen atoms in total. The predicted molar refractivity (Wildman–Crippen MR) is 49.4 cm³/mol. The lowest BCUT2D eigenvalue weighted by Gasteiger charge is -2.37. The molecule has 1 heterocycles. The lowest BCUT2D eigenvalue weighted by atomic mass is 9.77. The van der Waals surface area contributed by atoms with E-state index in [1.807, 2.05) is 0 Å². The van der Waals surface area contributed by atoms with Gasteiger partial charge in [0.25, 0.3) is 0 Å². The van der Waals surface area contributed by atoms with E-state index in [9.17, 15) is 4.79 Å². The van der Waals surface area contributed by atoms with E-state index in [0.29, 0.717) is 12.8 Å². The third kappa shape index (κ3) is 1.18. The van der Waals surface area contributed by atoms with E-state index < -0.39 is 11.5 Å². The van der Waals surface area contributed by atoms with Crippen molar-refractivity contribution in [1.29, 1.82) is 0 Å². The second-order valence-corrected chi connectivity index (χ2v) is 4.21. The molecule has 0 amide bonds. The van der Waals surface area contributed by atoms with Gasteiger partial charge in [-0.05, 0) is 35.2 Å². The number of aromatic nitrogens is 2. The van der Waals surface area contributed by atoms with Crippen molar-refractivity contribution in [2.24, 2.45) is 0 Å². The number of rotatable bonds is 2. The zero-order chi connectivity index (χ0) is 9.47. The number of carboxylic acids is 1. The Morgan fingerprint density at radius 3 is 2.69 bits per heavy atom. The molecule has 1 aliphatic rings. The van der Waals surface area contributed by atoms with Gasteiger partial charge in [0, 0.05) is 6.20 Å². The van der Waals surface area contributed by atoms with Crippen LogP contribution in [0.3, 0.4) is 0 Å². The van der Waals surface area contributed by atoms with Crippen LogP contribution in [-0.4, -0.2) is 20.9 Å². The van der Waals surface area contributed by atoms with Gasteiger partial charge in [0.05, 0.1) is 10.7 Å². The maximum absolute atomic E-state index is 11.0. The van der Waals surface area contributed by atoms with Crippen molar-refractivity contribution in [2.75, 3.05) is 0 Å². The molecule has 5 heteroatoms. The monoisotopic (exact) mass is 244 g/mol. The van der Waals surface area contributed by atoms with Crippen LogP contribution in [0, 0.1) is 0 Å². The quantitative estimate of drug-likeness (QED) is 0.861. The second-order valence-electron chi connectivity index (χ2n) is 3.29. The van der Waals surface area contributed by atoms with Crippen LogP contribution in [0.4, 0.5) is 0 Å². The van der Waals surface area contributed by atoms with Gasteiger partial charge >= 0.3 is 5.97 Å². The highest BCUT2D eigenvalue weighted by Gasteiger charge is 2.46. The van der Waals surface area contributed by atoms with Crippen molar-refractivity contribution in [3.8, 4) is 0 Å². The zero-order valence-electron chi connectivity index (χ0n) is 6.90. The van der Waals surface area contributed by atoms with Crippen LogP contribution < -0.4 is 0 Å². The van der Waals surface area contributed by atoms with Crippen molar-refractivity contribution in [3.63, 3.8) is 0 Å². The molecule has 0 spiro atoms. The van der Waals surface area contributed by atoms with Crippen LogP contribution in [0.5, 0.6) is 0 Å². The molecule has 1 aliphatic carbocycles. The highest BCUT2D eigenvalue weighted by atomic mass is 79.9. The molecule has 0 radical (unpaired) electrons. The number of aliphatic carboxylic acids is 1. The van der Waals surface area contributed by atoms with Gasteiger partial charge in [-0.25, -0.2) is 4.79 Å². The molecule has 2 rings (SSSR count). The molecule has 0 atom stereocenters. The Hall–Kier alpha value is -0.840. The predicted octanol–water partition coefficient (Wildman–Crippen LogP) is 1.61. The van der Waals surface area contributed by atoms with Gasteiger partial charge in [0.1, 0.15) is 0 Å². The van der Waals surface area contributed by atoms with E-state index in [4.69, 9.17) is 5.11 Å². The molecule has 0 saturated heterocycles. The fraction of sp³-hybridized carbons (Fsp3) is 0.500. The van der Waals surface area contributed by atoms with Crippen LogP contribution in [0.1, 0.15) is 19.3 Å². The Morgan fingerprint density at radius 1 is 1.69 bits per heavy atom. The van der Waals surface area contributed by atoms with Crippen LogP contribution in [-0.2, 0) is 10.3 Å². The number of halogens is 1. The van der Waals surface area contributed by atoms with Crippen molar-refractivity contribution >= 4 is 21.9 Å². The molecule has 1 fully saturated rings. The molecular formula is C8H9BrN2O2. The average molecular weight is 245 g/mol. The van der Waals surface area contributed by atoms with Gasteiger partial charge < -0.3 is 5.11 Å². The van der Waals surface area contributed by atoms with Crippen LogP contribution in [0.15, 0.2) is 16.9 Å². The summed E-state index contributed by atoms with van der Waals surface area (Å²) in [6.45, 7) is 0. The SMILES string of the molecule is O=C(O)C1(n2cc(Br)cn2)CCC1. The molecule has 1 aromatic rings. The maximum atomic E-state index is 11.0. The van der Waals surface area contributed by atoms with Gasteiger partial charge in [0.15, 0.2) is 5.54 Å². The molecule has 0 unspecified atom stereocenters. The summed E-state index contributed by atoms with van der Waals surface area (Å²) in [5, 5.41) is 13.1. The maximum Gasteiger partial charge on any atom is 0.331 e. The number of hydrogen-bond acceptors (Lipinski definition) is 2. The number of carbonyl (C=O) groups is 1. The average Bonchev–Trinajstić information content (AvgIpc) is 2.32. The molecule has 0 aromatic carbocycles. The summed E-state index contributed by atoms with van der Waals surface area (Å²) in [6.07, 6.45) is 5.65. The first kappa shape index (κ1) is 8.74. The summed E-state index contributed by atoms with van der Waals surface area (Å²) < 4.78 is 2.36. The Morgan fingerprint density at radius 2 is 2.38 bits per heavy atom. The standard InChI is InChI=1S/C8H9BrN2O2/c9-6-4-10-11(5-6)8(7(12)13)2-1-3-8/h4-5H,1-3H2,(H,12,13). The highest BCUT2D eigenvalue weighted by molar-refractivity contribution is 9.10. The van der Waals surface area contributed by atoms with E-state index >= 15 is 0 Å². The van der Waals surface area contributed by atoms with Crippen molar-refractivity contribution in [2.45, 2.75) is 24.8 Å². The fourth-order valence-electron chi connectivity index (χ4n) is 1.59. The minimum atomic E-state index is -0.783. The fourth-order valence-corrected chi connectivity index (χ4v) is 1.87.